The van der Waals surface area contributed by atoms with Crippen molar-refractivity contribution >= 4 is 0 Å². The smallest absolute Gasteiger partial charge is 0.0118 e. The highest BCUT2D eigenvalue weighted by molar-refractivity contribution is 5.65. The van der Waals surface area contributed by atoms with Crippen molar-refractivity contribution in [1.29, 1.82) is 0 Å². The highest BCUT2D eigenvalue weighted by Crippen LogP contribution is 2.39. The summed E-state index contributed by atoms with van der Waals surface area (Å²) in [5.41, 5.74) is 10.3. The molecule has 0 N–H and O–H groups in total. The minimum absolute atomic E-state index is 0.643. The molecule has 0 aliphatic heterocycles. The topological polar surface area (TPSA) is 0 Å². The Morgan fingerprint density at radius 2 is 1.43 bits per heavy atom. The molecule has 2 aliphatic rings. The van der Waals surface area contributed by atoms with Crippen molar-refractivity contribution in [3.05, 3.63) is 119 Å². The molecular formula is C37H44. The fraction of sp³-hybridized carbons (Fsp3) is 0.405. The molecule has 0 spiro atoms. The van der Waals surface area contributed by atoms with Gasteiger partial charge >= 0.3 is 0 Å². The zero-order valence-electron chi connectivity index (χ0n) is 22.8. The summed E-state index contributed by atoms with van der Waals surface area (Å²) in [6.07, 6.45) is 20.4. The van der Waals surface area contributed by atoms with E-state index in [2.05, 4.69) is 92.4 Å². The van der Waals surface area contributed by atoms with Crippen molar-refractivity contribution in [3.63, 3.8) is 0 Å². The lowest BCUT2D eigenvalue weighted by Gasteiger charge is -2.29. The Balaban J connectivity index is 1.19. The second-order valence-electron chi connectivity index (χ2n) is 11.5. The number of fused-ring (bicyclic) bond motifs is 1. The molecular weight excluding hydrogens is 444 g/mol. The number of allylic oxidation sites excluding steroid dienone is 3. The van der Waals surface area contributed by atoms with Gasteiger partial charge in [0.1, 0.15) is 0 Å². The molecule has 192 valence electrons. The third-order valence-corrected chi connectivity index (χ3v) is 9.06. The van der Waals surface area contributed by atoms with E-state index >= 15 is 0 Å². The lowest BCUT2D eigenvalue weighted by atomic mass is 9.77. The highest BCUT2D eigenvalue weighted by atomic mass is 14.3. The van der Waals surface area contributed by atoms with Crippen molar-refractivity contribution in [2.24, 2.45) is 5.92 Å². The minimum atomic E-state index is 0.643. The SMILES string of the molecule is C=CCCc1ccc(C2CCc3cc(-c4ccc(C5CCC(CC/C=C/C)CC5)cc4)ccc3C2)cc1. The molecule has 0 heteroatoms. The van der Waals surface area contributed by atoms with Gasteiger partial charge in [0.2, 0.25) is 0 Å². The van der Waals surface area contributed by atoms with E-state index in [1.54, 1.807) is 16.7 Å². The van der Waals surface area contributed by atoms with Gasteiger partial charge in [-0.15, -0.1) is 6.58 Å². The van der Waals surface area contributed by atoms with Gasteiger partial charge in [0.05, 0.1) is 0 Å². The van der Waals surface area contributed by atoms with Gasteiger partial charge in [0.25, 0.3) is 0 Å². The Morgan fingerprint density at radius 1 is 0.730 bits per heavy atom. The molecule has 0 aromatic heterocycles. The molecule has 37 heavy (non-hydrogen) atoms. The highest BCUT2D eigenvalue weighted by Gasteiger charge is 2.23. The second kappa shape index (κ2) is 12.6. The average molecular weight is 489 g/mol. The first-order chi connectivity index (χ1) is 18.2. The van der Waals surface area contributed by atoms with E-state index in [1.165, 1.54) is 73.6 Å². The number of aryl methyl sites for hydroxylation is 2. The number of hydrogen-bond donors (Lipinski definition) is 0. The molecule has 5 rings (SSSR count). The maximum Gasteiger partial charge on any atom is -0.0118 e. The minimum Gasteiger partial charge on any atom is -0.103 e. The monoisotopic (exact) mass is 488 g/mol. The van der Waals surface area contributed by atoms with Gasteiger partial charge in [-0.3, -0.25) is 0 Å². The van der Waals surface area contributed by atoms with Crippen LogP contribution < -0.4 is 0 Å². The van der Waals surface area contributed by atoms with Crippen molar-refractivity contribution in [3.8, 4) is 11.1 Å². The standard InChI is InChI=1S/C37H44/c1-3-5-7-9-29-10-14-30(15-11-29)31-18-20-33(21-19-31)35-23-25-36-26-34(22-24-37(36)27-35)32-16-12-28(13-17-32)8-6-4-2/h3-5,12-13,16-21,23,25,27,29-30,34H,2,6-11,14-15,22,24,26H2,1H3/b5-3+. The molecule has 1 saturated carbocycles. The molecule has 3 aromatic rings. The van der Waals surface area contributed by atoms with E-state index in [-0.39, 0.29) is 0 Å². The summed E-state index contributed by atoms with van der Waals surface area (Å²) in [4.78, 5) is 0. The summed E-state index contributed by atoms with van der Waals surface area (Å²) in [5.74, 6) is 2.33. The Kier molecular flexibility index (Phi) is 8.77. The molecule has 1 unspecified atom stereocenters. The van der Waals surface area contributed by atoms with Crippen molar-refractivity contribution in [1.82, 2.24) is 0 Å². The summed E-state index contributed by atoms with van der Waals surface area (Å²) < 4.78 is 0. The molecule has 0 nitrogen and oxygen atoms in total. The van der Waals surface area contributed by atoms with Crippen LogP contribution in [0.25, 0.3) is 11.1 Å². The fourth-order valence-corrected chi connectivity index (χ4v) is 6.68. The molecule has 1 fully saturated rings. The maximum absolute atomic E-state index is 3.85. The second-order valence-corrected chi connectivity index (χ2v) is 11.5. The molecule has 0 radical (unpaired) electrons. The van der Waals surface area contributed by atoms with Crippen LogP contribution in [-0.4, -0.2) is 0 Å². The Labute approximate surface area is 225 Å². The van der Waals surface area contributed by atoms with E-state index in [4.69, 9.17) is 0 Å². The number of rotatable bonds is 9. The maximum atomic E-state index is 3.85. The van der Waals surface area contributed by atoms with Crippen LogP contribution in [-0.2, 0) is 19.3 Å². The largest absolute Gasteiger partial charge is 0.103 e. The molecule has 0 saturated heterocycles. The van der Waals surface area contributed by atoms with Crippen LogP contribution in [0.1, 0.15) is 97.9 Å². The van der Waals surface area contributed by atoms with Crippen molar-refractivity contribution in [2.45, 2.75) is 89.4 Å². The van der Waals surface area contributed by atoms with Crippen LogP contribution in [0.15, 0.2) is 91.5 Å². The van der Waals surface area contributed by atoms with Crippen LogP contribution in [0, 0.1) is 5.92 Å². The summed E-state index contributed by atoms with van der Waals surface area (Å²) >= 11 is 0. The summed E-state index contributed by atoms with van der Waals surface area (Å²) in [5, 5.41) is 0. The molecule has 0 heterocycles. The molecule has 0 bridgehead atoms. The first kappa shape index (κ1) is 25.8. The van der Waals surface area contributed by atoms with E-state index in [0.29, 0.717) is 5.92 Å². The van der Waals surface area contributed by atoms with Crippen LogP contribution in [0.4, 0.5) is 0 Å². The Morgan fingerprint density at radius 3 is 2.16 bits per heavy atom. The predicted molar refractivity (Wildman–Crippen MR) is 160 cm³/mol. The van der Waals surface area contributed by atoms with Gasteiger partial charge < -0.3 is 0 Å². The summed E-state index contributed by atoms with van der Waals surface area (Å²) in [6.45, 7) is 5.98. The number of hydrogen-bond acceptors (Lipinski definition) is 0. The van der Waals surface area contributed by atoms with Crippen LogP contribution >= 0.6 is 0 Å². The summed E-state index contributed by atoms with van der Waals surface area (Å²) in [6, 6.07) is 26.1. The van der Waals surface area contributed by atoms with Gasteiger partial charge in [0, 0.05) is 0 Å². The van der Waals surface area contributed by atoms with Crippen molar-refractivity contribution in [2.75, 3.05) is 0 Å². The molecule has 2 aliphatic carbocycles. The lowest BCUT2D eigenvalue weighted by molar-refractivity contribution is 0.312. The normalized spacial score (nSPS) is 21.6. The van der Waals surface area contributed by atoms with Gasteiger partial charge in [-0.25, -0.2) is 0 Å². The van der Waals surface area contributed by atoms with E-state index in [1.807, 2.05) is 6.08 Å². The van der Waals surface area contributed by atoms with Gasteiger partial charge in [-0.2, -0.15) is 0 Å². The van der Waals surface area contributed by atoms with Crippen molar-refractivity contribution < 1.29 is 0 Å². The van der Waals surface area contributed by atoms with Gasteiger partial charge in [-0.1, -0.05) is 85.0 Å². The predicted octanol–water partition coefficient (Wildman–Crippen LogP) is 10.4. The first-order valence-electron chi connectivity index (χ1n) is 14.8. The zero-order valence-corrected chi connectivity index (χ0v) is 22.8. The van der Waals surface area contributed by atoms with E-state index in [9.17, 15) is 0 Å². The van der Waals surface area contributed by atoms with Crippen LogP contribution in [0.2, 0.25) is 0 Å². The third kappa shape index (κ3) is 6.53. The molecule has 1 atom stereocenters. The van der Waals surface area contributed by atoms with Crippen LogP contribution in [0.3, 0.4) is 0 Å². The van der Waals surface area contributed by atoms with Gasteiger partial charge in [0.15, 0.2) is 0 Å². The Hall–Kier alpha value is -2.86. The van der Waals surface area contributed by atoms with Crippen LogP contribution in [0.5, 0.6) is 0 Å². The van der Waals surface area contributed by atoms with E-state index in [0.717, 1.165) is 31.1 Å². The molecule has 0 amide bonds. The Bertz CT molecular complexity index is 1170. The quantitative estimate of drug-likeness (QED) is 0.263. The fourth-order valence-electron chi connectivity index (χ4n) is 6.68. The third-order valence-electron chi connectivity index (χ3n) is 9.06. The summed E-state index contributed by atoms with van der Waals surface area (Å²) in [7, 11) is 0. The first-order valence-corrected chi connectivity index (χ1v) is 14.8. The van der Waals surface area contributed by atoms with Gasteiger partial charge in [-0.05, 0) is 134 Å². The number of benzene rings is 3. The zero-order chi connectivity index (χ0) is 25.5. The lowest BCUT2D eigenvalue weighted by Crippen LogP contribution is -2.13. The average Bonchev–Trinajstić information content (AvgIpc) is 2.96. The van der Waals surface area contributed by atoms with E-state index < -0.39 is 0 Å². The molecule has 3 aromatic carbocycles.